The standard InChI is InChI=1S/C10H9NO3/c1-14-10-5-2-7-6-8(11(12)13)3-4-9(7)10/h3-6H,2H2,1H3. The molecule has 0 radical (unpaired) electrons. The van der Waals surface area contributed by atoms with Gasteiger partial charge in [0.2, 0.25) is 0 Å². The summed E-state index contributed by atoms with van der Waals surface area (Å²) >= 11 is 0. The number of benzene rings is 1. The van der Waals surface area contributed by atoms with Gasteiger partial charge in [-0.2, -0.15) is 0 Å². The van der Waals surface area contributed by atoms with Crippen molar-refractivity contribution in [2.45, 2.75) is 6.42 Å². The number of rotatable bonds is 2. The summed E-state index contributed by atoms with van der Waals surface area (Å²) in [5.74, 6) is 0.801. The van der Waals surface area contributed by atoms with Gasteiger partial charge in [-0.05, 0) is 24.1 Å². The predicted molar refractivity (Wildman–Crippen MR) is 51.8 cm³/mol. The third-order valence-electron chi connectivity index (χ3n) is 2.29. The largest absolute Gasteiger partial charge is 0.496 e. The second kappa shape index (κ2) is 3.14. The maximum atomic E-state index is 10.5. The van der Waals surface area contributed by atoms with Crippen LogP contribution in [0.25, 0.3) is 5.76 Å². The average molecular weight is 191 g/mol. The van der Waals surface area contributed by atoms with Crippen molar-refractivity contribution in [1.82, 2.24) is 0 Å². The fourth-order valence-electron chi connectivity index (χ4n) is 1.61. The molecule has 14 heavy (non-hydrogen) atoms. The maximum Gasteiger partial charge on any atom is 0.269 e. The minimum Gasteiger partial charge on any atom is -0.496 e. The number of non-ortho nitro benzene ring substituents is 1. The van der Waals surface area contributed by atoms with E-state index >= 15 is 0 Å². The molecule has 0 aliphatic heterocycles. The van der Waals surface area contributed by atoms with Crippen molar-refractivity contribution in [3.05, 3.63) is 45.5 Å². The second-order valence-electron chi connectivity index (χ2n) is 3.08. The fourth-order valence-corrected chi connectivity index (χ4v) is 1.61. The number of methoxy groups -OCH3 is 1. The zero-order valence-corrected chi connectivity index (χ0v) is 7.69. The molecule has 0 spiro atoms. The first-order valence-corrected chi connectivity index (χ1v) is 4.24. The van der Waals surface area contributed by atoms with Gasteiger partial charge in [0.05, 0.1) is 12.0 Å². The first-order chi connectivity index (χ1) is 6.72. The molecule has 1 aromatic carbocycles. The number of allylic oxidation sites excluding steroid dienone is 1. The molecule has 0 saturated heterocycles. The Balaban J connectivity index is 2.43. The van der Waals surface area contributed by atoms with Crippen LogP contribution < -0.4 is 0 Å². The molecule has 4 nitrogen and oxygen atoms in total. The minimum atomic E-state index is -0.384. The molecule has 1 aromatic rings. The van der Waals surface area contributed by atoms with Crippen LogP contribution in [0.15, 0.2) is 24.3 Å². The summed E-state index contributed by atoms with van der Waals surface area (Å²) in [5, 5.41) is 10.5. The number of nitro groups is 1. The van der Waals surface area contributed by atoms with Crippen LogP contribution in [0, 0.1) is 10.1 Å². The lowest BCUT2D eigenvalue weighted by molar-refractivity contribution is -0.384. The zero-order chi connectivity index (χ0) is 10.1. The van der Waals surface area contributed by atoms with Crippen LogP contribution in [0.4, 0.5) is 5.69 Å². The van der Waals surface area contributed by atoms with E-state index in [1.807, 2.05) is 6.08 Å². The summed E-state index contributed by atoms with van der Waals surface area (Å²) in [4.78, 5) is 10.1. The Hall–Kier alpha value is -1.84. The smallest absolute Gasteiger partial charge is 0.269 e. The van der Waals surface area contributed by atoms with E-state index in [1.54, 1.807) is 19.2 Å². The fraction of sp³-hybridized carbons (Fsp3) is 0.200. The Morgan fingerprint density at radius 2 is 2.29 bits per heavy atom. The Kier molecular flexibility index (Phi) is 1.96. The number of hydrogen-bond donors (Lipinski definition) is 0. The molecule has 0 N–H and O–H groups in total. The second-order valence-corrected chi connectivity index (χ2v) is 3.08. The highest BCUT2D eigenvalue weighted by Crippen LogP contribution is 2.30. The van der Waals surface area contributed by atoms with Crippen molar-refractivity contribution in [2.24, 2.45) is 0 Å². The van der Waals surface area contributed by atoms with Gasteiger partial charge < -0.3 is 4.74 Å². The lowest BCUT2D eigenvalue weighted by atomic mass is 10.1. The number of ether oxygens (including phenoxy) is 1. The van der Waals surface area contributed by atoms with E-state index in [2.05, 4.69) is 0 Å². The summed E-state index contributed by atoms with van der Waals surface area (Å²) in [6.45, 7) is 0. The lowest BCUT2D eigenvalue weighted by Crippen LogP contribution is -1.91. The van der Waals surface area contributed by atoms with Crippen molar-refractivity contribution in [3.63, 3.8) is 0 Å². The van der Waals surface area contributed by atoms with Crippen molar-refractivity contribution in [3.8, 4) is 0 Å². The molecule has 4 heteroatoms. The van der Waals surface area contributed by atoms with Crippen LogP contribution in [0.1, 0.15) is 11.1 Å². The van der Waals surface area contributed by atoms with Crippen molar-refractivity contribution in [2.75, 3.05) is 7.11 Å². The highest BCUT2D eigenvalue weighted by atomic mass is 16.6. The number of nitrogens with zero attached hydrogens (tertiary/aromatic N) is 1. The van der Waals surface area contributed by atoms with E-state index in [9.17, 15) is 10.1 Å². The van der Waals surface area contributed by atoms with E-state index in [4.69, 9.17) is 4.74 Å². The summed E-state index contributed by atoms with van der Waals surface area (Å²) in [5.41, 5.74) is 2.05. The van der Waals surface area contributed by atoms with Crippen LogP contribution in [-0.2, 0) is 11.2 Å². The molecule has 0 saturated carbocycles. The molecule has 0 heterocycles. The van der Waals surface area contributed by atoms with Crippen molar-refractivity contribution >= 4 is 11.4 Å². The molecule has 72 valence electrons. The number of hydrogen-bond acceptors (Lipinski definition) is 3. The van der Waals surface area contributed by atoms with Gasteiger partial charge in [-0.15, -0.1) is 0 Å². The van der Waals surface area contributed by atoms with Gasteiger partial charge >= 0.3 is 0 Å². The summed E-state index contributed by atoms with van der Waals surface area (Å²) in [7, 11) is 1.60. The zero-order valence-electron chi connectivity index (χ0n) is 7.69. The monoisotopic (exact) mass is 191 g/mol. The topological polar surface area (TPSA) is 52.4 Å². The SMILES string of the molecule is COC1=CCc2cc([N+](=O)[O-])ccc21. The van der Waals surface area contributed by atoms with E-state index < -0.39 is 0 Å². The van der Waals surface area contributed by atoms with E-state index in [-0.39, 0.29) is 10.6 Å². The van der Waals surface area contributed by atoms with Crippen LogP contribution in [0.2, 0.25) is 0 Å². The van der Waals surface area contributed by atoms with E-state index in [0.29, 0.717) is 6.42 Å². The molecule has 0 amide bonds. The molecule has 1 aliphatic rings. The number of fused-ring (bicyclic) bond motifs is 1. The van der Waals surface area contributed by atoms with Crippen molar-refractivity contribution in [1.29, 1.82) is 0 Å². The Bertz CT molecular complexity index is 423. The highest BCUT2D eigenvalue weighted by Gasteiger charge is 2.17. The van der Waals surface area contributed by atoms with Crippen LogP contribution >= 0.6 is 0 Å². The third-order valence-corrected chi connectivity index (χ3v) is 2.29. The van der Waals surface area contributed by atoms with E-state index in [0.717, 1.165) is 16.9 Å². The molecule has 0 bridgehead atoms. The third kappa shape index (κ3) is 1.25. The highest BCUT2D eigenvalue weighted by molar-refractivity contribution is 5.69. The Morgan fingerprint density at radius 3 is 2.93 bits per heavy atom. The van der Waals surface area contributed by atoms with Crippen molar-refractivity contribution < 1.29 is 9.66 Å². The summed E-state index contributed by atoms with van der Waals surface area (Å²) in [6.07, 6.45) is 2.63. The van der Waals surface area contributed by atoms with Gasteiger partial charge in [-0.3, -0.25) is 10.1 Å². The minimum absolute atomic E-state index is 0.134. The molecule has 1 aliphatic carbocycles. The van der Waals surface area contributed by atoms with Crippen LogP contribution in [0.5, 0.6) is 0 Å². The Morgan fingerprint density at radius 1 is 1.50 bits per heavy atom. The summed E-state index contributed by atoms with van der Waals surface area (Å²) < 4.78 is 5.13. The molecule has 0 fully saturated rings. The maximum absolute atomic E-state index is 10.5. The van der Waals surface area contributed by atoms with E-state index in [1.165, 1.54) is 6.07 Å². The first kappa shape index (κ1) is 8.74. The van der Waals surface area contributed by atoms with Gasteiger partial charge in [-0.1, -0.05) is 0 Å². The molecule has 0 aromatic heterocycles. The number of nitro benzene ring substituents is 1. The molecule has 2 rings (SSSR count). The molecular formula is C10H9NO3. The van der Waals surface area contributed by atoms with Gasteiger partial charge in [0, 0.05) is 17.7 Å². The normalized spacial score (nSPS) is 13.4. The van der Waals surface area contributed by atoms with Crippen LogP contribution in [0.3, 0.4) is 0 Å². The predicted octanol–water partition coefficient (Wildman–Crippen LogP) is 2.14. The Labute approximate surface area is 81.0 Å². The lowest BCUT2D eigenvalue weighted by Gasteiger charge is -2.03. The molecular weight excluding hydrogens is 182 g/mol. The first-order valence-electron chi connectivity index (χ1n) is 4.24. The van der Waals surface area contributed by atoms with Crippen LogP contribution in [-0.4, -0.2) is 12.0 Å². The van der Waals surface area contributed by atoms with Gasteiger partial charge in [0.1, 0.15) is 5.76 Å². The van der Waals surface area contributed by atoms with Gasteiger partial charge in [-0.25, -0.2) is 0 Å². The molecule has 0 atom stereocenters. The summed E-state index contributed by atoms with van der Waals surface area (Å²) in [6, 6.07) is 4.82. The van der Waals surface area contributed by atoms with Gasteiger partial charge in [0.25, 0.3) is 5.69 Å². The average Bonchev–Trinajstić information content (AvgIpc) is 2.59. The quantitative estimate of drug-likeness (QED) is 0.531. The molecule has 0 unspecified atom stereocenters. The van der Waals surface area contributed by atoms with Gasteiger partial charge in [0.15, 0.2) is 0 Å².